The predicted molar refractivity (Wildman–Crippen MR) is 74.3 cm³/mol. The third-order valence-electron chi connectivity index (χ3n) is 2.47. The summed E-state index contributed by atoms with van der Waals surface area (Å²) in [6.07, 6.45) is 1.59. The number of hydrogen-bond acceptors (Lipinski definition) is 4. The summed E-state index contributed by atoms with van der Waals surface area (Å²) >= 11 is 1.49. The maximum atomic E-state index is 11.6. The zero-order chi connectivity index (χ0) is 13.5. The Hall–Kier alpha value is -1.88. The summed E-state index contributed by atoms with van der Waals surface area (Å²) < 4.78 is 10.2. The molecule has 0 fully saturated rings. The molecule has 1 aromatic heterocycles. The summed E-state index contributed by atoms with van der Waals surface area (Å²) in [5.41, 5.74) is 0. The maximum Gasteiger partial charge on any atom is 0.230 e. The second kappa shape index (κ2) is 6.89. The van der Waals surface area contributed by atoms with Crippen molar-refractivity contribution in [3.05, 3.63) is 48.4 Å². The minimum Gasteiger partial charge on any atom is -0.497 e. The standard InChI is InChI=1S/C14H15NO3S/c1-17-11-4-6-13(7-5-11)19-10-14(16)15-9-12-3-2-8-18-12/h2-8H,9-10H2,1H3,(H,15,16). The molecule has 1 aromatic carbocycles. The smallest absolute Gasteiger partial charge is 0.230 e. The molecule has 0 aliphatic heterocycles. The van der Waals surface area contributed by atoms with Crippen LogP contribution < -0.4 is 10.1 Å². The van der Waals surface area contributed by atoms with Crippen molar-refractivity contribution in [2.45, 2.75) is 11.4 Å². The molecule has 0 spiro atoms. The molecule has 2 rings (SSSR count). The Morgan fingerprint density at radius 1 is 1.32 bits per heavy atom. The number of carbonyl (C=O) groups excluding carboxylic acids is 1. The van der Waals surface area contributed by atoms with E-state index in [1.807, 2.05) is 30.3 Å². The SMILES string of the molecule is COc1ccc(SCC(=O)NCc2ccco2)cc1. The average molecular weight is 277 g/mol. The Kier molecular flexibility index (Phi) is 4.92. The third kappa shape index (κ3) is 4.37. The van der Waals surface area contributed by atoms with E-state index in [4.69, 9.17) is 9.15 Å². The second-order valence-corrected chi connectivity index (χ2v) is 4.87. The molecule has 0 aliphatic carbocycles. The Bertz CT molecular complexity index is 508. The highest BCUT2D eigenvalue weighted by Crippen LogP contribution is 2.20. The van der Waals surface area contributed by atoms with E-state index in [1.165, 1.54) is 11.8 Å². The number of amides is 1. The van der Waals surface area contributed by atoms with E-state index in [9.17, 15) is 4.79 Å². The van der Waals surface area contributed by atoms with Gasteiger partial charge in [-0.2, -0.15) is 0 Å². The molecule has 0 unspecified atom stereocenters. The van der Waals surface area contributed by atoms with E-state index < -0.39 is 0 Å². The lowest BCUT2D eigenvalue weighted by Gasteiger charge is -2.04. The van der Waals surface area contributed by atoms with Crippen molar-refractivity contribution in [1.29, 1.82) is 0 Å². The van der Waals surface area contributed by atoms with Gasteiger partial charge in [-0.05, 0) is 36.4 Å². The van der Waals surface area contributed by atoms with Gasteiger partial charge in [0, 0.05) is 4.90 Å². The molecular weight excluding hydrogens is 262 g/mol. The summed E-state index contributed by atoms with van der Waals surface area (Å²) in [4.78, 5) is 12.7. The number of hydrogen-bond donors (Lipinski definition) is 1. The van der Waals surface area contributed by atoms with E-state index in [0.717, 1.165) is 16.4 Å². The molecule has 0 saturated heterocycles. The molecule has 0 saturated carbocycles. The summed E-state index contributed by atoms with van der Waals surface area (Å²) in [5.74, 6) is 1.93. The van der Waals surface area contributed by atoms with Crippen molar-refractivity contribution >= 4 is 17.7 Å². The van der Waals surface area contributed by atoms with Crippen molar-refractivity contribution in [3.8, 4) is 5.75 Å². The van der Waals surface area contributed by atoms with Crippen LogP contribution in [0.2, 0.25) is 0 Å². The summed E-state index contributed by atoms with van der Waals surface area (Å²) in [6, 6.07) is 11.3. The Balaban J connectivity index is 1.73. The van der Waals surface area contributed by atoms with Gasteiger partial charge in [0.05, 0.1) is 25.7 Å². The van der Waals surface area contributed by atoms with Crippen molar-refractivity contribution in [2.24, 2.45) is 0 Å². The number of rotatable bonds is 6. The molecule has 100 valence electrons. The van der Waals surface area contributed by atoms with Crippen LogP contribution in [0, 0.1) is 0 Å². The Morgan fingerprint density at radius 2 is 2.11 bits per heavy atom. The molecule has 0 radical (unpaired) electrons. The van der Waals surface area contributed by atoms with Crippen molar-refractivity contribution in [3.63, 3.8) is 0 Å². The summed E-state index contributed by atoms with van der Waals surface area (Å²) in [6.45, 7) is 0.426. The first kappa shape index (κ1) is 13.5. The number of nitrogens with one attached hydrogen (secondary N) is 1. The molecule has 1 heterocycles. The van der Waals surface area contributed by atoms with E-state index >= 15 is 0 Å². The minimum absolute atomic E-state index is 0.0165. The molecule has 0 aliphatic rings. The minimum atomic E-state index is -0.0165. The van der Waals surface area contributed by atoms with E-state index in [0.29, 0.717) is 12.3 Å². The average Bonchev–Trinajstić information content (AvgIpc) is 2.96. The molecule has 1 N–H and O–H groups in total. The van der Waals surface area contributed by atoms with E-state index in [1.54, 1.807) is 19.4 Å². The van der Waals surface area contributed by atoms with Gasteiger partial charge in [-0.3, -0.25) is 4.79 Å². The fourth-order valence-electron chi connectivity index (χ4n) is 1.47. The van der Waals surface area contributed by atoms with Gasteiger partial charge in [0.2, 0.25) is 5.91 Å². The number of thioether (sulfide) groups is 1. The number of carbonyl (C=O) groups is 1. The van der Waals surface area contributed by atoms with Crippen molar-refractivity contribution in [2.75, 3.05) is 12.9 Å². The highest BCUT2D eigenvalue weighted by molar-refractivity contribution is 8.00. The largest absolute Gasteiger partial charge is 0.497 e. The summed E-state index contributed by atoms with van der Waals surface area (Å²) in [5, 5.41) is 2.80. The van der Waals surface area contributed by atoms with Crippen LogP contribution in [0.1, 0.15) is 5.76 Å². The second-order valence-electron chi connectivity index (χ2n) is 3.82. The van der Waals surface area contributed by atoms with E-state index in [-0.39, 0.29) is 5.91 Å². The van der Waals surface area contributed by atoms with Crippen LogP contribution >= 0.6 is 11.8 Å². The van der Waals surface area contributed by atoms with E-state index in [2.05, 4.69) is 5.32 Å². The van der Waals surface area contributed by atoms with Gasteiger partial charge in [0.15, 0.2) is 0 Å². The molecule has 1 amide bonds. The zero-order valence-electron chi connectivity index (χ0n) is 10.6. The Morgan fingerprint density at radius 3 is 2.74 bits per heavy atom. The van der Waals surface area contributed by atoms with Gasteiger partial charge in [0.1, 0.15) is 11.5 Å². The van der Waals surface area contributed by atoms with Crippen molar-refractivity contribution < 1.29 is 13.9 Å². The van der Waals surface area contributed by atoms with Crippen LogP contribution in [0.4, 0.5) is 0 Å². The monoisotopic (exact) mass is 277 g/mol. The quantitative estimate of drug-likeness (QED) is 0.825. The maximum absolute atomic E-state index is 11.6. The number of ether oxygens (including phenoxy) is 1. The fraction of sp³-hybridized carbons (Fsp3) is 0.214. The fourth-order valence-corrected chi connectivity index (χ4v) is 2.20. The number of furan rings is 1. The Labute approximate surface area is 116 Å². The summed E-state index contributed by atoms with van der Waals surface area (Å²) in [7, 11) is 1.63. The van der Waals surface area contributed by atoms with Crippen LogP contribution in [0.5, 0.6) is 5.75 Å². The lowest BCUT2D eigenvalue weighted by atomic mass is 10.3. The van der Waals surface area contributed by atoms with Crippen LogP contribution in [-0.2, 0) is 11.3 Å². The highest BCUT2D eigenvalue weighted by Gasteiger charge is 2.04. The van der Waals surface area contributed by atoms with Gasteiger partial charge in [-0.25, -0.2) is 0 Å². The first-order valence-electron chi connectivity index (χ1n) is 5.84. The molecular formula is C14H15NO3S. The normalized spacial score (nSPS) is 10.2. The first-order chi connectivity index (χ1) is 9.28. The van der Waals surface area contributed by atoms with Crippen molar-refractivity contribution in [1.82, 2.24) is 5.32 Å². The van der Waals surface area contributed by atoms with Gasteiger partial charge >= 0.3 is 0 Å². The molecule has 0 bridgehead atoms. The number of methoxy groups -OCH3 is 1. The third-order valence-corrected chi connectivity index (χ3v) is 3.48. The van der Waals surface area contributed by atoms with Crippen LogP contribution in [0.25, 0.3) is 0 Å². The van der Waals surface area contributed by atoms with Gasteiger partial charge in [0.25, 0.3) is 0 Å². The topological polar surface area (TPSA) is 51.5 Å². The molecule has 5 heteroatoms. The van der Waals surface area contributed by atoms with Gasteiger partial charge < -0.3 is 14.5 Å². The molecule has 19 heavy (non-hydrogen) atoms. The first-order valence-corrected chi connectivity index (χ1v) is 6.82. The van der Waals surface area contributed by atoms with Crippen LogP contribution in [0.3, 0.4) is 0 Å². The molecule has 4 nitrogen and oxygen atoms in total. The van der Waals surface area contributed by atoms with Crippen LogP contribution in [-0.4, -0.2) is 18.8 Å². The molecule has 2 aromatic rings. The van der Waals surface area contributed by atoms with Gasteiger partial charge in [-0.15, -0.1) is 11.8 Å². The number of benzene rings is 1. The lowest BCUT2D eigenvalue weighted by molar-refractivity contribution is -0.118. The van der Waals surface area contributed by atoms with Gasteiger partial charge in [-0.1, -0.05) is 0 Å². The zero-order valence-corrected chi connectivity index (χ0v) is 11.4. The predicted octanol–water partition coefficient (Wildman–Crippen LogP) is 2.70. The lowest BCUT2D eigenvalue weighted by Crippen LogP contribution is -2.24. The highest BCUT2D eigenvalue weighted by atomic mass is 32.2. The molecule has 0 atom stereocenters. The van der Waals surface area contributed by atoms with Crippen LogP contribution in [0.15, 0.2) is 52.0 Å².